The molecule has 0 amide bonds. The zero-order valence-electron chi connectivity index (χ0n) is 9.88. The van der Waals surface area contributed by atoms with Gasteiger partial charge in [0.2, 0.25) is 0 Å². The van der Waals surface area contributed by atoms with E-state index >= 15 is 0 Å². The van der Waals surface area contributed by atoms with Gasteiger partial charge in [-0.25, -0.2) is 0 Å². The number of aromatic hydroxyl groups is 1. The van der Waals surface area contributed by atoms with E-state index in [1.165, 1.54) is 0 Å². The molecule has 0 saturated heterocycles. The fourth-order valence-corrected chi connectivity index (χ4v) is 3.27. The molecule has 0 radical (unpaired) electrons. The maximum Gasteiger partial charge on any atom is 0.154 e. The fourth-order valence-electron chi connectivity index (χ4n) is 1.87. The fraction of sp³-hybridized carbons (Fsp3) is 0.0714. The molecule has 0 saturated carbocycles. The summed E-state index contributed by atoms with van der Waals surface area (Å²) >= 11 is 14.2. The van der Waals surface area contributed by atoms with Gasteiger partial charge in [-0.15, -0.1) is 0 Å². The SMILES string of the molecule is Cc1c(Cl)c(O)c(Cl)c(I)c1-c1cccc(C=O)c1. The third kappa shape index (κ3) is 2.59. The van der Waals surface area contributed by atoms with Crippen molar-refractivity contribution < 1.29 is 9.90 Å². The monoisotopic (exact) mass is 406 g/mol. The summed E-state index contributed by atoms with van der Waals surface area (Å²) in [6, 6.07) is 7.16. The van der Waals surface area contributed by atoms with Crippen LogP contribution in [-0.4, -0.2) is 11.4 Å². The number of phenolic OH excluding ortho intramolecular Hbond substituents is 1. The Bertz CT molecular complexity index is 640. The molecule has 1 N–H and O–H groups in total. The second-order valence-corrected chi connectivity index (χ2v) is 5.87. The Labute approximate surface area is 134 Å². The largest absolute Gasteiger partial charge is 0.505 e. The van der Waals surface area contributed by atoms with Gasteiger partial charge in [-0.1, -0.05) is 41.4 Å². The molecule has 0 unspecified atom stereocenters. The number of halogens is 3. The van der Waals surface area contributed by atoms with Crippen LogP contribution >= 0.6 is 45.8 Å². The van der Waals surface area contributed by atoms with E-state index in [-0.39, 0.29) is 15.8 Å². The predicted octanol–water partition coefficient (Wildman–Crippen LogP) is 5.09. The number of carbonyl (C=O) groups excluding carboxylic acids is 1. The Morgan fingerprint density at radius 3 is 2.58 bits per heavy atom. The highest BCUT2D eigenvalue weighted by Gasteiger charge is 2.19. The summed E-state index contributed by atoms with van der Waals surface area (Å²) in [6.07, 6.45) is 0.787. The normalized spacial score (nSPS) is 10.5. The number of hydrogen-bond donors (Lipinski definition) is 1. The van der Waals surface area contributed by atoms with Crippen molar-refractivity contribution >= 4 is 52.1 Å². The van der Waals surface area contributed by atoms with Crippen LogP contribution in [0.3, 0.4) is 0 Å². The number of carbonyl (C=O) groups is 1. The first-order valence-electron chi connectivity index (χ1n) is 5.39. The summed E-state index contributed by atoms with van der Waals surface area (Å²) in [5.74, 6) is -0.111. The first kappa shape index (κ1) is 14.6. The maximum atomic E-state index is 10.9. The molecule has 0 aliphatic rings. The number of rotatable bonds is 2. The first-order chi connectivity index (χ1) is 8.97. The quantitative estimate of drug-likeness (QED) is 0.428. The van der Waals surface area contributed by atoms with Crippen LogP contribution in [0.15, 0.2) is 24.3 Å². The van der Waals surface area contributed by atoms with Crippen molar-refractivity contribution in [1.82, 2.24) is 0 Å². The van der Waals surface area contributed by atoms with Gasteiger partial charge in [-0.05, 0) is 46.7 Å². The van der Waals surface area contributed by atoms with Gasteiger partial charge in [0, 0.05) is 14.7 Å². The molecule has 2 aromatic carbocycles. The number of hydrogen-bond acceptors (Lipinski definition) is 2. The summed E-state index contributed by atoms with van der Waals surface area (Å²) in [4.78, 5) is 10.9. The topological polar surface area (TPSA) is 37.3 Å². The molecule has 2 rings (SSSR count). The van der Waals surface area contributed by atoms with E-state index in [0.717, 1.165) is 23.0 Å². The Morgan fingerprint density at radius 1 is 1.26 bits per heavy atom. The molecule has 0 aromatic heterocycles. The molecule has 5 heteroatoms. The van der Waals surface area contributed by atoms with Crippen LogP contribution in [0.5, 0.6) is 5.75 Å². The number of phenols is 1. The lowest BCUT2D eigenvalue weighted by atomic mass is 9.98. The van der Waals surface area contributed by atoms with Crippen molar-refractivity contribution in [3.63, 3.8) is 0 Å². The van der Waals surface area contributed by atoms with Crippen LogP contribution in [0, 0.1) is 10.5 Å². The molecule has 2 nitrogen and oxygen atoms in total. The van der Waals surface area contributed by atoms with E-state index in [0.29, 0.717) is 9.13 Å². The van der Waals surface area contributed by atoms with Gasteiger partial charge in [0.25, 0.3) is 0 Å². The lowest BCUT2D eigenvalue weighted by Gasteiger charge is -2.14. The number of aldehydes is 1. The second-order valence-electron chi connectivity index (χ2n) is 4.03. The zero-order chi connectivity index (χ0) is 14.2. The first-order valence-corrected chi connectivity index (χ1v) is 7.22. The minimum absolute atomic E-state index is 0.111. The average molecular weight is 407 g/mol. The lowest BCUT2D eigenvalue weighted by molar-refractivity contribution is 0.112. The molecule has 98 valence electrons. The van der Waals surface area contributed by atoms with Gasteiger partial charge in [0.1, 0.15) is 6.29 Å². The maximum absolute atomic E-state index is 10.9. The average Bonchev–Trinajstić information content (AvgIpc) is 2.43. The molecule has 0 aliphatic carbocycles. The Hall–Kier alpha value is -0.780. The van der Waals surface area contributed by atoms with Crippen LogP contribution in [0.1, 0.15) is 15.9 Å². The molecule has 0 heterocycles. The van der Waals surface area contributed by atoms with Gasteiger partial charge in [-0.3, -0.25) is 4.79 Å². The molecular weight excluding hydrogens is 398 g/mol. The van der Waals surface area contributed by atoms with Crippen molar-refractivity contribution in [3.05, 3.63) is 49.0 Å². The van der Waals surface area contributed by atoms with Crippen LogP contribution in [0.25, 0.3) is 11.1 Å². The third-order valence-electron chi connectivity index (χ3n) is 2.84. The summed E-state index contributed by atoms with van der Waals surface area (Å²) in [7, 11) is 0. The Balaban J connectivity index is 2.78. The van der Waals surface area contributed by atoms with E-state index in [9.17, 15) is 9.90 Å². The van der Waals surface area contributed by atoms with E-state index < -0.39 is 0 Å². The summed E-state index contributed by atoms with van der Waals surface area (Å²) < 4.78 is 0.710. The Morgan fingerprint density at radius 2 is 1.95 bits per heavy atom. The van der Waals surface area contributed by atoms with Crippen LogP contribution in [-0.2, 0) is 0 Å². The van der Waals surface area contributed by atoms with Crippen molar-refractivity contribution in [2.45, 2.75) is 6.92 Å². The Kier molecular flexibility index (Phi) is 4.38. The number of benzene rings is 2. The molecular formula is C14H9Cl2IO2. The minimum atomic E-state index is -0.111. The predicted molar refractivity (Wildman–Crippen MR) is 86.4 cm³/mol. The molecule has 2 aromatic rings. The van der Waals surface area contributed by atoms with E-state index in [1.807, 2.05) is 13.0 Å². The van der Waals surface area contributed by atoms with Crippen molar-refractivity contribution in [2.75, 3.05) is 0 Å². The minimum Gasteiger partial charge on any atom is -0.505 e. The van der Waals surface area contributed by atoms with Crippen molar-refractivity contribution in [2.24, 2.45) is 0 Å². The van der Waals surface area contributed by atoms with Gasteiger partial charge in [0.15, 0.2) is 5.75 Å². The summed E-state index contributed by atoms with van der Waals surface area (Å²) in [5.41, 5.74) is 2.98. The highest BCUT2D eigenvalue weighted by Crippen LogP contribution is 2.44. The summed E-state index contributed by atoms with van der Waals surface area (Å²) in [6.45, 7) is 1.81. The van der Waals surface area contributed by atoms with Crippen LogP contribution < -0.4 is 0 Å². The molecule has 0 atom stereocenters. The molecule has 0 fully saturated rings. The second kappa shape index (κ2) is 5.69. The van der Waals surface area contributed by atoms with Gasteiger partial charge >= 0.3 is 0 Å². The van der Waals surface area contributed by atoms with Crippen LogP contribution in [0.2, 0.25) is 10.0 Å². The van der Waals surface area contributed by atoms with Crippen LogP contribution in [0.4, 0.5) is 0 Å². The highest BCUT2D eigenvalue weighted by atomic mass is 127. The van der Waals surface area contributed by atoms with E-state index in [4.69, 9.17) is 23.2 Å². The summed E-state index contributed by atoms with van der Waals surface area (Å²) in [5, 5.41) is 10.3. The van der Waals surface area contributed by atoms with Gasteiger partial charge < -0.3 is 5.11 Å². The molecule has 19 heavy (non-hydrogen) atoms. The van der Waals surface area contributed by atoms with Crippen molar-refractivity contribution in [1.29, 1.82) is 0 Å². The van der Waals surface area contributed by atoms with Crippen molar-refractivity contribution in [3.8, 4) is 16.9 Å². The van der Waals surface area contributed by atoms with Gasteiger partial charge in [0.05, 0.1) is 10.0 Å². The van der Waals surface area contributed by atoms with Gasteiger partial charge in [-0.2, -0.15) is 0 Å². The smallest absolute Gasteiger partial charge is 0.154 e. The van der Waals surface area contributed by atoms with E-state index in [2.05, 4.69) is 22.6 Å². The molecule has 0 bridgehead atoms. The third-order valence-corrected chi connectivity index (χ3v) is 5.07. The lowest BCUT2D eigenvalue weighted by Crippen LogP contribution is -1.93. The highest BCUT2D eigenvalue weighted by molar-refractivity contribution is 14.1. The standard InChI is InChI=1S/C14H9Cl2IO2/c1-7-10(9-4-2-3-8(5-9)6-18)13(17)12(16)14(19)11(7)15/h2-6,19H,1H3. The molecule has 0 spiro atoms. The molecule has 0 aliphatic heterocycles. The zero-order valence-corrected chi connectivity index (χ0v) is 13.5. The van der Waals surface area contributed by atoms with E-state index in [1.54, 1.807) is 18.2 Å².